The highest BCUT2D eigenvalue weighted by atomic mass is 16.6. The van der Waals surface area contributed by atoms with E-state index >= 15 is 0 Å². The van der Waals surface area contributed by atoms with Gasteiger partial charge in [-0.25, -0.2) is 9.59 Å². The summed E-state index contributed by atoms with van der Waals surface area (Å²) >= 11 is 0. The van der Waals surface area contributed by atoms with Gasteiger partial charge in [-0.05, 0) is 32.8 Å². The molecule has 25 heavy (non-hydrogen) atoms. The number of aliphatic hydroxyl groups excluding tert-OH is 1. The number of nitrogens with zero attached hydrogens (tertiary/aromatic N) is 1. The topological polar surface area (TPSA) is 88.1 Å². The highest BCUT2D eigenvalue weighted by molar-refractivity contribution is 5.70. The van der Waals surface area contributed by atoms with Crippen LogP contribution in [0, 0.1) is 0 Å². The summed E-state index contributed by atoms with van der Waals surface area (Å²) in [5.74, 6) is 0. The maximum Gasteiger partial charge on any atom is 0.410 e. The largest absolute Gasteiger partial charge is 0.445 e. The summed E-state index contributed by atoms with van der Waals surface area (Å²) in [6.45, 7) is 6.02. The number of hydrogen-bond acceptors (Lipinski definition) is 5. The Morgan fingerprint density at radius 2 is 1.96 bits per heavy atom. The van der Waals surface area contributed by atoms with Gasteiger partial charge in [-0.2, -0.15) is 0 Å². The molecule has 1 aromatic rings. The number of carbonyl (C=O) groups excluding carboxylic acids is 2. The Hall–Kier alpha value is -2.28. The lowest BCUT2D eigenvalue weighted by Gasteiger charge is -2.36. The number of ether oxygens (including phenoxy) is 2. The number of amides is 2. The van der Waals surface area contributed by atoms with Crippen molar-refractivity contribution in [2.75, 3.05) is 13.1 Å². The van der Waals surface area contributed by atoms with E-state index < -0.39 is 29.9 Å². The van der Waals surface area contributed by atoms with Crippen LogP contribution in [0.3, 0.4) is 0 Å². The van der Waals surface area contributed by atoms with E-state index in [1.54, 1.807) is 20.8 Å². The van der Waals surface area contributed by atoms with E-state index in [-0.39, 0.29) is 13.2 Å². The smallest absolute Gasteiger partial charge is 0.410 e. The van der Waals surface area contributed by atoms with Crippen LogP contribution in [-0.4, -0.2) is 53.0 Å². The normalized spacial score (nSPS) is 20.7. The third-order valence-electron chi connectivity index (χ3n) is 3.74. The van der Waals surface area contributed by atoms with E-state index in [4.69, 9.17) is 9.47 Å². The molecular weight excluding hydrogens is 324 g/mol. The maximum absolute atomic E-state index is 12.2. The number of benzene rings is 1. The van der Waals surface area contributed by atoms with Gasteiger partial charge < -0.3 is 24.8 Å². The zero-order valence-corrected chi connectivity index (χ0v) is 14.9. The Bertz CT molecular complexity index is 585. The summed E-state index contributed by atoms with van der Waals surface area (Å²) in [4.78, 5) is 25.6. The molecule has 138 valence electrons. The van der Waals surface area contributed by atoms with Gasteiger partial charge in [-0.15, -0.1) is 0 Å². The fourth-order valence-corrected chi connectivity index (χ4v) is 2.52. The lowest BCUT2D eigenvalue weighted by atomic mass is 10.0. The van der Waals surface area contributed by atoms with Crippen LogP contribution in [0.25, 0.3) is 0 Å². The van der Waals surface area contributed by atoms with Gasteiger partial charge in [0, 0.05) is 13.1 Å². The first-order valence-electron chi connectivity index (χ1n) is 8.38. The number of likely N-dealkylation sites (tertiary alicyclic amines) is 1. The molecule has 0 aliphatic carbocycles. The van der Waals surface area contributed by atoms with E-state index in [9.17, 15) is 14.7 Å². The molecule has 0 aromatic heterocycles. The average Bonchev–Trinajstić information content (AvgIpc) is 2.54. The third kappa shape index (κ3) is 6.26. The van der Waals surface area contributed by atoms with Gasteiger partial charge in [-0.1, -0.05) is 30.3 Å². The highest BCUT2D eigenvalue weighted by Gasteiger charge is 2.33. The van der Waals surface area contributed by atoms with Crippen molar-refractivity contribution in [3.05, 3.63) is 35.9 Å². The van der Waals surface area contributed by atoms with Gasteiger partial charge in [0.15, 0.2) is 0 Å². The molecule has 2 rings (SSSR count). The molecule has 0 spiro atoms. The minimum atomic E-state index is -0.731. The van der Waals surface area contributed by atoms with Crippen LogP contribution in [0.1, 0.15) is 32.8 Å². The zero-order valence-electron chi connectivity index (χ0n) is 14.9. The molecule has 1 heterocycles. The van der Waals surface area contributed by atoms with Gasteiger partial charge in [0.1, 0.15) is 12.2 Å². The quantitative estimate of drug-likeness (QED) is 0.873. The molecule has 0 saturated carbocycles. The molecule has 0 bridgehead atoms. The predicted molar refractivity (Wildman–Crippen MR) is 92.0 cm³/mol. The molecule has 1 aliphatic rings. The molecule has 1 aliphatic heterocycles. The minimum absolute atomic E-state index is 0.175. The second-order valence-electron chi connectivity index (χ2n) is 7.09. The van der Waals surface area contributed by atoms with Crippen LogP contribution in [0.2, 0.25) is 0 Å². The minimum Gasteiger partial charge on any atom is -0.445 e. The summed E-state index contributed by atoms with van der Waals surface area (Å²) in [5, 5.41) is 12.7. The molecule has 0 radical (unpaired) electrons. The van der Waals surface area contributed by atoms with Crippen molar-refractivity contribution in [2.45, 2.75) is 51.5 Å². The molecular formula is C18H26N2O5. The molecule has 1 saturated heterocycles. The Morgan fingerprint density at radius 3 is 2.60 bits per heavy atom. The molecule has 2 N–H and O–H groups in total. The third-order valence-corrected chi connectivity index (χ3v) is 3.74. The van der Waals surface area contributed by atoms with E-state index in [2.05, 4.69) is 5.32 Å². The van der Waals surface area contributed by atoms with Crippen molar-refractivity contribution >= 4 is 12.2 Å². The highest BCUT2D eigenvalue weighted by Crippen LogP contribution is 2.14. The van der Waals surface area contributed by atoms with Crippen molar-refractivity contribution in [3.8, 4) is 0 Å². The number of piperidine rings is 1. The van der Waals surface area contributed by atoms with Crippen molar-refractivity contribution < 1.29 is 24.2 Å². The van der Waals surface area contributed by atoms with Gasteiger partial charge >= 0.3 is 12.2 Å². The number of alkyl carbamates (subject to hydrolysis) is 1. The molecule has 1 aromatic carbocycles. The van der Waals surface area contributed by atoms with Crippen molar-refractivity contribution in [3.63, 3.8) is 0 Å². The van der Waals surface area contributed by atoms with Crippen molar-refractivity contribution in [1.29, 1.82) is 0 Å². The number of aliphatic hydroxyl groups is 1. The fraction of sp³-hybridized carbons (Fsp3) is 0.556. The zero-order chi connectivity index (χ0) is 18.4. The standard InChI is InChI=1S/C18H26N2O5/c1-18(2,3)25-16(22)19-14-11-20(10-9-15(14)21)17(23)24-12-13-7-5-4-6-8-13/h4-8,14-15,21H,9-12H2,1-3H3,(H,19,22)/t14-,15?/m0/s1. The second kappa shape index (κ2) is 8.20. The molecule has 2 atom stereocenters. The van der Waals surface area contributed by atoms with Crippen LogP contribution in [-0.2, 0) is 16.1 Å². The van der Waals surface area contributed by atoms with E-state index in [0.717, 1.165) is 5.56 Å². The first-order chi connectivity index (χ1) is 11.7. The van der Waals surface area contributed by atoms with Gasteiger partial charge in [0.2, 0.25) is 0 Å². The van der Waals surface area contributed by atoms with Gasteiger partial charge in [-0.3, -0.25) is 0 Å². The number of nitrogens with one attached hydrogen (secondary N) is 1. The van der Waals surface area contributed by atoms with Gasteiger partial charge in [0.25, 0.3) is 0 Å². The molecule has 1 fully saturated rings. The Labute approximate surface area is 147 Å². The van der Waals surface area contributed by atoms with Crippen LogP contribution in [0.5, 0.6) is 0 Å². The van der Waals surface area contributed by atoms with Crippen LogP contribution in [0.4, 0.5) is 9.59 Å². The lowest BCUT2D eigenvalue weighted by molar-refractivity contribution is 0.0178. The van der Waals surface area contributed by atoms with Crippen LogP contribution < -0.4 is 5.32 Å². The maximum atomic E-state index is 12.2. The molecule has 2 amide bonds. The number of carbonyl (C=O) groups is 2. The van der Waals surface area contributed by atoms with Crippen molar-refractivity contribution in [2.24, 2.45) is 0 Å². The Balaban J connectivity index is 1.86. The second-order valence-corrected chi connectivity index (χ2v) is 7.09. The average molecular weight is 350 g/mol. The van der Waals surface area contributed by atoms with E-state index in [0.29, 0.717) is 13.0 Å². The van der Waals surface area contributed by atoms with Crippen molar-refractivity contribution in [1.82, 2.24) is 10.2 Å². The number of hydrogen-bond donors (Lipinski definition) is 2. The summed E-state index contributed by atoms with van der Waals surface area (Å²) in [5.41, 5.74) is 0.272. The Kier molecular flexibility index (Phi) is 6.25. The molecule has 7 heteroatoms. The lowest BCUT2D eigenvalue weighted by Crippen LogP contribution is -2.57. The van der Waals surface area contributed by atoms with Crippen LogP contribution >= 0.6 is 0 Å². The molecule has 7 nitrogen and oxygen atoms in total. The molecule has 1 unspecified atom stereocenters. The Morgan fingerprint density at radius 1 is 1.28 bits per heavy atom. The van der Waals surface area contributed by atoms with E-state index in [1.807, 2.05) is 30.3 Å². The summed E-state index contributed by atoms with van der Waals surface area (Å²) < 4.78 is 10.5. The number of rotatable bonds is 3. The first kappa shape index (κ1) is 19.1. The van der Waals surface area contributed by atoms with E-state index in [1.165, 1.54) is 4.90 Å². The first-order valence-corrected chi connectivity index (χ1v) is 8.38. The summed E-state index contributed by atoms with van der Waals surface area (Å²) in [7, 11) is 0. The fourth-order valence-electron chi connectivity index (χ4n) is 2.52. The SMILES string of the molecule is CC(C)(C)OC(=O)N[C@H]1CN(C(=O)OCc2ccccc2)CCC1O. The monoisotopic (exact) mass is 350 g/mol. The van der Waals surface area contributed by atoms with Gasteiger partial charge in [0.05, 0.1) is 12.1 Å². The predicted octanol–water partition coefficient (Wildman–Crippen LogP) is 2.28. The van der Waals surface area contributed by atoms with Crippen LogP contribution in [0.15, 0.2) is 30.3 Å². The summed E-state index contributed by atoms with van der Waals surface area (Å²) in [6, 6.07) is 8.81. The summed E-state index contributed by atoms with van der Waals surface area (Å²) in [6.07, 6.45) is -1.45.